The third-order valence-corrected chi connectivity index (χ3v) is 7.81. The summed E-state index contributed by atoms with van der Waals surface area (Å²) in [7, 11) is -3.55. The summed E-state index contributed by atoms with van der Waals surface area (Å²) in [6.07, 6.45) is 1.89. The largest absolute Gasteiger partial charge is 0.355 e. The second-order valence-electron chi connectivity index (χ2n) is 9.52. The van der Waals surface area contributed by atoms with E-state index in [9.17, 15) is 18.0 Å². The third kappa shape index (κ3) is 9.11. The summed E-state index contributed by atoms with van der Waals surface area (Å²) in [6.45, 7) is 4.58. The molecule has 39 heavy (non-hydrogen) atoms. The number of hydrogen-bond acceptors (Lipinski definition) is 4. The smallest absolute Gasteiger partial charge is 0.243 e. The first-order valence-corrected chi connectivity index (χ1v) is 15.2. The lowest BCUT2D eigenvalue weighted by atomic mass is 10.0. The summed E-state index contributed by atoms with van der Waals surface area (Å²) in [4.78, 5) is 28.6. The van der Waals surface area contributed by atoms with Crippen molar-refractivity contribution in [3.63, 3.8) is 0 Å². The minimum Gasteiger partial charge on any atom is -0.355 e. The van der Waals surface area contributed by atoms with Gasteiger partial charge in [0.15, 0.2) is 0 Å². The molecule has 1 atom stereocenters. The van der Waals surface area contributed by atoms with Crippen LogP contribution in [0.2, 0.25) is 5.02 Å². The Labute approximate surface area is 236 Å². The summed E-state index contributed by atoms with van der Waals surface area (Å²) in [5.74, 6) is -0.462. The van der Waals surface area contributed by atoms with Gasteiger partial charge in [0.2, 0.25) is 21.8 Å². The number of nitrogens with zero attached hydrogens (tertiary/aromatic N) is 2. The van der Waals surface area contributed by atoms with E-state index >= 15 is 0 Å². The molecule has 3 rings (SSSR count). The molecule has 9 heteroatoms. The molecular formula is C30H36ClN3O4S. The molecule has 0 radical (unpaired) electrons. The fourth-order valence-corrected chi connectivity index (χ4v) is 5.44. The molecule has 7 nitrogen and oxygen atoms in total. The maximum atomic E-state index is 13.7. The van der Waals surface area contributed by atoms with Crippen molar-refractivity contribution in [1.82, 2.24) is 10.2 Å². The van der Waals surface area contributed by atoms with Gasteiger partial charge in [-0.2, -0.15) is 0 Å². The standard InChI is InChI=1S/C30H36ClN3O4S/c1-4-32-30(36)28(21-24-9-6-5-7-10-24)33(22-25-14-16-26(31)17-15-25)29(35)11-8-20-34(39(3,37)38)27-18-12-23(2)13-19-27/h5-7,9-10,12-19,28H,4,8,11,20-22H2,1-3H3,(H,32,36)/t28-/m0/s1. The van der Waals surface area contributed by atoms with E-state index in [1.165, 1.54) is 4.31 Å². The van der Waals surface area contributed by atoms with Crippen LogP contribution in [0.4, 0.5) is 5.69 Å². The van der Waals surface area contributed by atoms with Gasteiger partial charge in [0.05, 0.1) is 11.9 Å². The molecule has 3 aromatic rings. The molecular weight excluding hydrogens is 534 g/mol. The first-order chi connectivity index (χ1) is 18.6. The average Bonchev–Trinajstić information content (AvgIpc) is 2.90. The first kappa shape index (κ1) is 30.2. The van der Waals surface area contributed by atoms with Crippen molar-refractivity contribution in [2.75, 3.05) is 23.7 Å². The number of amides is 2. The molecule has 3 aromatic carbocycles. The van der Waals surface area contributed by atoms with Crippen LogP contribution >= 0.6 is 11.6 Å². The van der Waals surface area contributed by atoms with Crippen molar-refractivity contribution in [1.29, 1.82) is 0 Å². The quantitative estimate of drug-likeness (QED) is 0.315. The van der Waals surface area contributed by atoms with Crippen molar-refractivity contribution >= 4 is 39.1 Å². The first-order valence-electron chi connectivity index (χ1n) is 13.0. The van der Waals surface area contributed by atoms with Crippen molar-refractivity contribution in [2.24, 2.45) is 0 Å². The van der Waals surface area contributed by atoms with Gasteiger partial charge < -0.3 is 10.2 Å². The Morgan fingerprint density at radius 3 is 2.15 bits per heavy atom. The van der Waals surface area contributed by atoms with Crippen LogP contribution in [-0.2, 0) is 32.6 Å². The minimum atomic E-state index is -3.55. The Kier molecular flexibility index (Phi) is 10.9. The molecule has 0 saturated heterocycles. The van der Waals surface area contributed by atoms with Gasteiger partial charge in [-0.05, 0) is 55.7 Å². The zero-order valence-electron chi connectivity index (χ0n) is 22.6. The number of sulfonamides is 1. The van der Waals surface area contributed by atoms with Crippen molar-refractivity contribution in [3.05, 3.63) is 101 Å². The lowest BCUT2D eigenvalue weighted by molar-refractivity contribution is -0.141. The highest BCUT2D eigenvalue weighted by atomic mass is 35.5. The molecule has 0 heterocycles. The number of aryl methyl sites for hydroxylation is 1. The fourth-order valence-electron chi connectivity index (χ4n) is 4.35. The highest BCUT2D eigenvalue weighted by Gasteiger charge is 2.30. The Balaban J connectivity index is 1.85. The average molecular weight is 570 g/mol. The summed E-state index contributed by atoms with van der Waals surface area (Å²) in [5, 5.41) is 3.46. The molecule has 0 aliphatic rings. The van der Waals surface area contributed by atoms with E-state index in [0.29, 0.717) is 30.1 Å². The SMILES string of the molecule is CCNC(=O)[C@H](Cc1ccccc1)N(Cc1ccc(Cl)cc1)C(=O)CCCN(c1ccc(C)cc1)S(C)(=O)=O. The molecule has 0 fully saturated rings. The van der Waals surface area contributed by atoms with Crippen LogP contribution in [0.3, 0.4) is 0 Å². The molecule has 0 spiro atoms. The highest BCUT2D eigenvalue weighted by Crippen LogP contribution is 2.21. The highest BCUT2D eigenvalue weighted by molar-refractivity contribution is 7.92. The van der Waals surface area contributed by atoms with E-state index in [0.717, 1.165) is 22.9 Å². The van der Waals surface area contributed by atoms with Gasteiger partial charge in [-0.3, -0.25) is 13.9 Å². The van der Waals surface area contributed by atoms with Crippen molar-refractivity contribution < 1.29 is 18.0 Å². The van der Waals surface area contributed by atoms with Crippen molar-refractivity contribution in [2.45, 2.75) is 45.7 Å². The molecule has 0 aliphatic carbocycles. The van der Waals surface area contributed by atoms with Gasteiger partial charge in [-0.15, -0.1) is 0 Å². The van der Waals surface area contributed by atoms with Gasteiger partial charge in [0.1, 0.15) is 6.04 Å². The number of rotatable bonds is 13. The Morgan fingerprint density at radius 2 is 1.56 bits per heavy atom. The van der Waals surface area contributed by atoms with Gasteiger partial charge >= 0.3 is 0 Å². The van der Waals surface area contributed by atoms with Crippen LogP contribution in [0.5, 0.6) is 0 Å². The monoisotopic (exact) mass is 569 g/mol. The van der Waals surface area contributed by atoms with Crippen LogP contribution in [0.15, 0.2) is 78.9 Å². The number of nitrogens with one attached hydrogen (secondary N) is 1. The van der Waals surface area contributed by atoms with Gasteiger partial charge in [0, 0.05) is 37.5 Å². The molecule has 0 saturated carbocycles. The van der Waals surface area contributed by atoms with Crippen LogP contribution in [0, 0.1) is 6.92 Å². The van der Waals surface area contributed by atoms with Gasteiger partial charge in [0.25, 0.3) is 0 Å². The number of carbonyl (C=O) groups excluding carboxylic acids is 2. The van der Waals surface area contributed by atoms with E-state index in [1.54, 1.807) is 29.2 Å². The van der Waals surface area contributed by atoms with Gasteiger partial charge in [-0.25, -0.2) is 8.42 Å². The summed E-state index contributed by atoms with van der Waals surface area (Å²) < 4.78 is 26.4. The normalized spacial score (nSPS) is 12.0. The molecule has 208 valence electrons. The summed E-state index contributed by atoms with van der Waals surface area (Å²) >= 11 is 6.07. The molecule has 0 unspecified atom stereocenters. The number of carbonyl (C=O) groups is 2. The van der Waals surface area contributed by atoms with E-state index < -0.39 is 16.1 Å². The van der Waals surface area contributed by atoms with E-state index in [-0.39, 0.29) is 31.3 Å². The van der Waals surface area contributed by atoms with Crippen LogP contribution in [0.25, 0.3) is 0 Å². The van der Waals surface area contributed by atoms with E-state index in [2.05, 4.69) is 5.32 Å². The molecule has 0 bridgehead atoms. The zero-order valence-corrected chi connectivity index (χ0v) is 24.2. The van der Waals surface area contributed by atoms with Gasteiger partial charge in [-0.1, -0.05) is 71.8 Å². The predicted octanol–water partition coefficient (Wildman–Crippen LogP) is 4.97. The second-order valence-corrected chi connectivity index (χ2v) is 11.9. The molecule has 2 amide bonds. The Morgan fingerprint density at radius 1 is 0.923 bits per heavy atom. The van der Waals surface area contributed by atoms with Crippen LogP contribution in [0.1, 0.15) is 36.5 Å². The van der Waals surface area contributed by atoms with E-state index in [4.69, 9.17) is 11.6 Å². The lowest BCUT2D eigenvalue weighted by Gasteiger charge is -2.32. The third-order valence-electron chi connectivity index (χ3n) is 6.36. The Hall–Kier alpha value is -3.36. The van der Waals surface area contributed by atoms with Crippen molar-refractivity contribution in [3.8, 4) is 0 Å². The van der Waals surface area contributed by atoms with Crippen LogP contribution < -0.4 is 9.62 Å². The maximum Gasteiger partial charge on any atom is 0.243 e. The molecule has 0 aromatic heterocycles. The molecule has 0 aliphatic heterocycles. The second kappa shape index (κ2) is 14.1. The predicted molar refractivity (Wildman–Crippen MR) is 157 cm³/mol. The van der Waals surface area contributed by atoms with Crippen LogP contribution in [-0.4, -0.2) is 50.5 Å². The molecule has 1 N–H and O–H groups in total. The maximum absolute atomic E-state index is 13.7. The number of benzene rings is 3. The van der Waals surface area contributed by atoms with E-state index in [1.807, 2.05) is 68.4 Å². The summed E-state index contributed by atoms with van der Waals surface area (Å²) in [6, 6.07) is 23.2. The fraction of sp³-hybridized carbons (Fsp3) is 0.333. The Bertz CT molecular complexity index is 1330. The lowest BCUT2D eigenvalue weighted by Crippen LogP contribution is -2.50. The topological polar surface area (TPSA) is 86.8 Å². The summed E-state index contributed by atoms with van der Waals surface area (Å²) in [5.41, 5.74) is 3.35. The number of likely N-dealkylation sites (N-methyl/N-ethyl adjacent to an activating group) is 1. The number of anilines is 1. The zero-order chi connectivity index (χ0) is 28.4. The number of halogens is 1. The number of hydrogen-bond donors (Lipinski definition) is 1. The minimum absolute atomic E-state index is 0.0795.